The third-order valence-electron chi connectivity index (χ3n) is 5.81. The second-order valence-corrected chi connectivity index (χ2v) is 12.7. The minimum Gasteiger partial charge on any atom is -0.457 e. The molecule has 0 saturated heterocycles. The van der Waals surface area contributed by atoms with Crippen molar-refractivity contribution in [2.24, 2.45) is 0 Å². The summed E-state index contributed by atoms with van der Waals surface area (Å²) in [6.07, 6.45) is 3.45. The Morgan fingerprint density at radius 1 is 0.886 bits per heavy atom. The molecule has 5 aromatic rings. The van der Waals surface area contributed by atoms with Crippen molar-refractivity contribution in [3.05, 3.63) is 99.2 Å². The number of halogens is 2. The summed E-state index contributed by atoms with van der Waals surface area (Å²) in [5, 5.41) is 1.48. The van der Waals surface area contributed by atoms with Gasteiger partial charge in [0.1, 0.15) is 11.5 Å². The standard InChI is InChI=1S/C27H20Br2N2O3S/c1-17-11-13-20(14-12-17)35(32,33)31-22-9-6-10-24(34-19-7-4-3-5-8-19)27(22)26-18(2)21(15-25(28)29)30-16-23(26)31/h3-16H,1-2H3. The molecule has 0 unspecified atom stereocenters. The van der Waals surface area contributed by atoms with Gasteiger partial charge in [-0.1, -0.05) is 42.0 Å². The second-order valence-electron chi connectivity index (χ2n) is 8.11. The van der Waals surface area contributed by atoms with Gasteiger partial charge >= 0.3 is 0 Å². The van der Waals surface area contributed by atoms with Crippen molar-refractivity contribution in [2.75, 3.05) is 0 Å². The highest BCUT2D eigenvalue weighted by molar-refractivity contribution is 9.28. The van der Waals surface area contributed by atoms with E-state index in [1.807, 2.05) is 56.3 Å². The first-order valence-corrected chi connectivity index (χ1v) is 13.8. The molecule has 0 aliphatic heterocycles. The number of pyridine rings is 1. The van der Waals surface area contributed by atoms with Gasteiger partial charge in [-0.3, -0.25) is 4.98 Å². The molecule has 0 aliphatic rings. The van der Waals surface area contributed by atoms with Crippen LogP contribution in [-0.4, -0.2) is 17.4 Å². The summed E-state index contributed by atoms with van der Waals surface area (Å²) in [5.41, 5.74) is 3.55. The van der Waals surface area contributed by atoms with E-state index in [-0.39, 0.29) is 4.90 Å². The summed E-state index contributed by atoms with van der Waals surface area (Å²) in [7, 11) is -3.92. The Hall–Kier alpha value is -2.94. The van der Waals surface area contributed by atoms with E-state index in [0.717, 1.165) is 19.9 Å². The van der Waals surface area contributed by atoms with Crippen LogP contribution in [-0.2, 0) is 10.0 Å². The molecule has 176 valence electrons. The minimum atomic E-state index is -3.92. The first kappa shape index (κ1) is 23.8. The minimum absolute atomic E-state index is 0.209. The molecular formula is C27H20Br2N2O3S. The first-order chi connectivity index (χ1) is 16.8. The summed E-state index contributed by atoms with van der Waals surface area (Å²) >= 11 is 6.81. The van der Waals surface area contributed by atoms with Crippen LogP contribution in [0, 0.1) is 13.8 Å². The number of aromatic nitrogens is 2. The number of ether oxygens (including phenoxy) is 1. The predicted octanol–water partition coefficient (Wildman–Crippen LogP) is 7.92. The van der Waals surface area contributed by atoms with Crippen molar-refractivity contribution >= 4 is 69.8 Å². The van der Waals surface area contributed by atoms with Crippen molar-refractivity contribution in [3.8, 4) is 11.5 Å². The molecule has 0 aliphatic carbocycles. The van der Waals surface area contributed by atoms with E-state index in [1.54, 1.807) is 42.6 Å². The Kier molecular flexibility index (Phi) is 6.29. The van der Waals surface area contributed by atoms with Crippen LogP contribution < -0.4 is 4.74 Å². The second kappa shape index (κ2) is 9.26. The first-order valence-electron chi connectivity index (χ1n) is 10.8. The summed E-state index contributed by atoms with van der Waals surface area (Å²) in [4.78, 5) is 4.78. The van der Waals surface area contributed by atoms with Gasteiger partial charge in [0.2, 0.25) is 0 Å². The zero-order valence-electron chi connectivity index (χ0n) is 18.9. The molecule has 0 bridgehead atoms. The molecular weight excluding hydrogens is 592 g/mol. The predicted molar refractivity (Wildman–Crippen MR) is 148 cm³/mol. The lowest BCUT2D eigenvalue weighted by Crippen LogP contribution is -2.13. The number of rotatable bonds is 5. The summed E-state index contributed by atoms with van der Waals surface area (Å²) < 4.78 is 36.3. The van der Waals surface area contributed by atoms with Crippen molar-refractivity contribution in [1.82, 2.24) is 8.96 Å². The topological polar surface area (TPSA) is 61.2 Å². The molecule has 0 radical (unpaired) electrons. The average molecular weight is 612 g/mol. The van der Waals surface area contributed by atoms with Gasteiger partial charge in [-0.2, -0.15) is 0 Å². The van der Waals surface area contributed by atoms with Gasteiger partial charge in [-0.05, 0) is 93.7 Å². The lowest BCUT2D eigenvalue weighted by Gasteiger charge is -2.10. The van der Waals surface area contributed by atoms with E-state index in [9.17, 15) is 8.42 Å². The van der Waals surface area contributed by atoms with Crippen LogP contribution in [0.15, 0.2) is 87.3 Å². The molecule has 0 amide bonds. The lowest BCUT2D eigenvalue weighted by atomic mass is 10.1. The van der Waals surface area contributed by atoms with E-state index in [0.29, 0.717) is 33.6 Å². The fourth-order valence-electron chi connectivity index (χ4n) is 4.18. The summed E-state index contributed by atoms with van der Waals surface area (Å²) in [6.45, 7) is 3.86. The number of nitrogens with zero attached hydrogens (tertiary/aromatic N) is 2. The number of aryl methyl sites for hydroxylation is 2. The number of hydrogen-bond acceptors (Lipinski definition) is 4. The maximum absolute atomic E-state index is 13.9. The molecule has 0 saturated carbocycles. The molecule has 0 fully saturated rings. The molecule has 8 heteroatoms. The lowest BCUT2D eigenvalue weighted by molar-refractivity contribution is 0.488. The third-order valence-corrected chi connectivity index (χ3v) is 8.01. The van der Waals surface area contributed by atoms with Crippen molar-refractivity contribution < 1.29 is 13.2 Å². The van der Waals surface area contributed by atoms with E-state index < -0.39 is 10.0 Å². The third kappa shape index (κ3) is 4.30. The Labute approximate surface area is 220 Å². The normalized spacial score (nSPS) is 11.7. The highest BCUT2D eigenvalue weighted by Gasteiger charge is 2.27. The Morgan fingerprint density at radius 3 is 2.29 bits per heavy atom. The molecule has 2 aromatic heterocycles. The van der Waals surface area contributed by atoms with Gasteiger partial charge in [-0.15, -0.1) is 0 Å². The average Bonchev–Trinajstić information content (AvgIpc) is 3.18. The molecule has 5 rings (SSSR count). The van der Waals surface area contributed by atoms with E-state index >= 15 is 0 Å². The van der Waals surface area contributed by atoms with Gasteiger partial charge in [0.25, 0.3) is 10.0 Å². The van der Waals surface area contributed by atoms with Crippen LogP contribution in [0.2, 0.25) is 0 Å². The Balaban J connectivity index is 1.89. The SMILES string of the molecule is Cc1ccc(S(=O)(=O)n2c3cccc(Oc4ccccc4)c3c3c(C)c(C=C(Br)Br)ncc32)cc1. The van der Waals surface area contributed by atoms with Gasteiger partial charge in [0.15, 0.2) is 0 Å². The molecule has 3 aromatic carbocycles. The quantitative estimate of drug-likeness (QED) is 0.202. The Bertz CT molecular complexity index is 1710. The molecule has 2 heterocycles. The van der Waals surface area contributed by atoms with Crippen LogP contribution in [0.3, 0.4) is 0 Å². The molecule has 0 N–H and O–H groups in total. The van der Waals surface area contributed by atoms with E-state index in [4.69, 9.17) is 4.74 Å². The highest BCUT2D eigenvalue weighted by Crippen LogP contribution is 2.41. The van der Waals surface area contributed by atoms with Gasteiger partial charge in [-0.25, -0.2) is 12.4 Å². The van der Waals surface area contributed by atoms with Crippen molar-refractivity contribution in [2.45, 2.75) is 18.7 Å². The van der Waals surface area contributed by atoms with E-state index in [1.165, 1.54) is 3.97 Å². The summed E-state index contributed by atoms with van der Waals surface area (Å²) in [6, 6.07) is 21.8. The van der Waals surface area contributed by atoms with Gasteiger partial charge < -0.3 is 4.74 Å². The molecule has 0 spiro atoms. The maximum Gasteiger partial charge on any atom is 0.268 e. The maximum atomic E-state index is 13.9. The highest BCUT2D eigenvalue weighted by atomic mass is 79.9. The molecule has 35 heavy (non-hydrogen) atoms. The van der Waals surface area contributed by atoms with Crippen LogP contribution in [0.4, 0.5) is 0 Å². The van der Waals surface area contributed by atoms with Crippen molar-refractivity contribution in [1.29, 1.82) is 0 Å². The van der Waals surface area contributed by atoms with Crippen LogP contribution >= 0.6 is 31.9 Å². The fraction of sp³-hybridized carbons (Fsp3) is 0.0741. The smallest absolute Gasteiger partial charge is 0.268 e. The Morgan fingerprint density at radius 2 is 1.60 bits per heavy atom. The molecule has 5 nitrogen and oxygen atoms in total. The molecule has 0 atom stereocenters. The number of benzene rings is 3. The number of para-hydroxylation sites is 1. The summed E-state index contributed by atoms with van der Waals surface area (Å²) in [5.74, 6) is 1.23. The zero-order chi connectivity index (χ0) is 24.7. The largest absolute Gasteiger partial charge is 0.457 e. The van der Waals surface area contributed by atoms with E-state index in [2.05, 4.69) is 36.8 Å². The van der Waals surface area contributed by atoms with Crippen LogP contribution in [0.1, 0.15) is 16.8 Å². The van der Waals surface area contributed by atoms with Gasteiger partial charge in [0, 0.05) is 5.39 Å². The fourth-order valence-corrected chi connectivity index (χ4v) is 6.11. The zero-order valence-corrected chi connectivity index (χ0v) is 22.9. The number of hydrogen-bond donors (Lipinski definition) is 0. The van der Waals surface area contributed by atoms with Gasteiger partial charge in [0.05, 0.1) is 36.6 Å². The monoisotopic (exact) mass is 610 g/mol. The van der Waals surface area contributed by atoms with Crippen LogP contribution in [0.5, 0.6) is 11.5 Å². The van der Waals surface area contributed by atoms with Crippen molar-refractivity contribution in [3.63, 3.8) is 0 Å². The van der Waals surface area contributed by atoms with Crippen LogP contribution in [0.25, 0.3) is 27.9 Å². The number of fused-ring (bicyclic) bond motifs is 3.